The summed E-state index contributed by atoms with van der Waals surface area (Å²) in [7, 11) is 2.13. The number of benzene rings is 3. The standard InChI is InChI=1S/C30H28N4O4/c1-33-13-15-34(16-14-33)24-9-7-23(8-10-24)31-19-27-26-18-22(6-11-25(26)29(37)32-30(27)38)21-4-2-3-20(17-21)5-12-28(35)36/h2-12,17-19H,13-16H2,1H3,(H,35,36)(H2,32,37,38)/b12-5+,31-19?. The highest BCUT2D eigenvalue weighted by molar-refractivity contribution is 6.03. The molecule has 0 saturated carbocycles. The molecule has 8 nitrogen and oxygen atoms in total. The molecule has 0 bridgehead atoms. The molecular formula is C30H28N4O4. The summed E-state index contributed by atoms with van der Waals surface area (Å²) >= 11 is 0. The molecule has 1 fully saturated rings. The van der Waals surface area contributed by atoms with Crippen LogP contribution in [0.15, 0.2) is 82.6 Å². The van der Waals surface area contributed by atoms with Gasteiger partial charge in [-0.3, -0.25) is 14.8 Å². The van der Waals surface area contributed by atoms with Gasteiger partial charge in [-0.25, -0.2) is 4.79 Å². The van der Waals surface area contributed by atoms with E-state index < -0.39 is 11.5 Å². The van der Waals surface area contributed by atoms with E-state index in [0.29, 0.717) is 16.3 Å². The summed E-state index contributed by atoms with van der Waals surface area (Å²) in [6.45, 7) is 4.03. The largest absolute Gasteiger partial charge is 0.494 e. The van der Waals surface area contributed by atoms with Gasteiger partial charge < -0.3 is 20.0 Å². The Morgan fingerprint density at radius 1 is 0.947 bits per heavy atom. The first-order chi connectivity index (χ1) is 18.4. The Kier molecular flexibility index (Phi) is 7.06. The third-order valence-electron chi connectivity index (χ3n) is 6.74. The van der Waals surface area contributed by atoms with Crippen LogP contribution in [0.3, 0.4) is 0 Å². The van der Waals surface area contributed by atoms with Gasteiger partial charge in [0.1, 0.15) is 0 Å². The van der Waals surface area contributed by atoms with Crippen LogP contribution >= 0.6 is 0 Å². The number of carboxylic acids is 1. The van der Waals surface area contributed by atoms with Crippen LogP contribution in [0.25, 0.3) is 28.0 Å². The maximum Gasteiger partial charge on any atom is 0.328 e. The minimum Gasteiger partial charge on any atom is -0.494 e. The van der Waals surface area contributed by atoms with Crippen molar-refractivity contribution >= 4 is 40.4 Å². The molecule has 3 aromatic carbocycles. The Labute approximate surface area is 219 Å². The molecule has 0 atom stereocenters. The molecule has 1 aliphatic heterocycles. The number of hydrogen-bond donors (Lipinski definition) is 3. The fourth-order valence-corrected chi connectivity index (χ4v) is 4.59. The summed E-state index contributed by atoms with van der Waals surface area (Å²) in [5, 5.41) is 20.5. The van der Waals surface area contributed by atoms with Gasteiger partial charge in [0.2, 0.25) is 5.88 Å². The summed E-state index contributed by atoms with van der Waals surface area (Å²) in [4.78, 5) is 35.2. The van der Waals surface area contributed by atoms with E-state index in [1.54, 1.807) is 12.3 Å². The lowest BCUT2D eigenvalue weighted by Gasteiger charge is -2.34. The molecule has 0 aliphatic carbocycles. The van der Waals surface area contributed by atoms with Gasteiger partial charge >= 0.3 is 5.97 Å². The summed E-state index contributed by atoms with van der Waals surface area (Å²) < 4.78 is 0. The van der Waals surface area contributed by atoms with E-state index in [2.05, 4.69) is 26.8 Å². The van der Waals surface area contributed by atoms with Gasteiger partial charge in [0, 0.05) is 54.9 Å². The quantitative estimate of drug-likeness (QED) is 0.261. The molecule has 38 heavy (non-hydrogen) atoms. The van der Waals surface area contributed by atoms with E-state index in [1.807, 2.05) is 60.7 Å². The second-order valence-electron chi connectivity index (χ2n) is 9.34. The fourth-order valence-electron chi connectivity index (χ4n) is 4.59. The number of aromatic hydroxyl groups is 1. The van der Waals surface area contributed by atoms with E-state index in [-0.39, 0.29) is 5.88 Å². The maximum atomic E-state index is 12.6. The molecule has 1 aromatic heterocycles. The minimum absolute atomic E-state index is 0.254. The van der Waals surface area contributed by atoms with Crippen molar-refractivity contribution in [1.82, 2.24) is 9.88 Å². The molecule has 0 spiro atoms. The van der Waals surface area contributed by atoms with Crippen molar-refractivity contribution in [1.29, 1.82) is 0 Å². The molecule has 0 unspecified atom stereocenters. The van der Waals surface area contributed by atoms with Crippen LogP contribution in [0.5, 0.6) is 5.88 Å². The van der Waals surface area contributed by atoms with Crippen molar-refractivity contribution in [3.05, 3.63) is 94.3 Å². The SMILES string of the molecule is CN1CCN(c2ccc(N=Cc3c(O)[nH]c(=O)c4ccc(-c5cccc(/C=C/C(=O)O)c5)cc34)cc2)CC1. The van der Waals surface area contributed by atoms with E-state index in [1.165, 1.54) is 6.08 Å². The van der Waals surface area contributed by atoms with Crippen LogP contribution in [0, 0.1) is 0 Å². The van der Waals surface area contributed by atoms with Gasteiger partial charge in [0.15, 0.2) is 0 Å². The number of pyridine rings is 1. The monoisotopic (exact) mass is 508 g/mol. The number of aromatic amines is 1. The number of piperazine rings is 1. The van der Waals surface area contributed by atoms with Gasteiger partial charge in [0.05, 0.1) is 11.3 Å². The topological polar surface area (TPSA) is 109 Å². The molecule has 192 valence electrons. The van der Waals surface area contributed by atoms with Gasteiger partial charge in [-0.1, -0.05) is 24.3 Å². The number of fused-ring (bicyclic) bond motifs is 1. The minimum atomic E-state index is -1.02. The number of aliphatic imine (C=N–C) groups is 1. The highest BCUT2D eigenvalue weighted by Gasteiger charge is 2.14. The molecule has 2 heterocycles. The van der Waals surface area contributed by atoms with Crippen LogP contribution in [0.4, 0.5) is 11.4 Å². The number of likely N-dealkylation sites (N-methyl/N-ethyl adjacent to an activating group) is 1. The Morgan fingerprint density at radius 2 is 1.68 bits per heavy atom. The summed E-state index contributed by atoms with van der Waals surface area (Å²) in [5.74, 6) is -1.27. The number of aromatic nitrogens is 1. The molecule has 8 heteroatoms. The number of carboxylic acid groups (broad SMARTS) is 1. The Hall–Kier alpha value is -4.69. The highest BCUT2D eigenvalue weighted by atomic mass is 16.4. The number of carbonyl (C=O) groups is 1. The van der Waals surface area contributed by atoms with Crippen LogP contribution in [-0.2, 0) is 4.79 Å². The van der Waals surface area contributed by atoms with Gasteiger partial charge in [-0.05, 0) is 72.3 Å². The van der Waals surface area contributed by atoms with Crippen LogP contribution in [-0.4, -0.2) is 65.5 Å². The number of anilines is 1. The van der Waals surface area contributed by atoms with E-state index in [4.69, 9.17) is 5.11 Å². The number of H-pyrrole nitrogens is 1. The summed E-state index contributed by atoms with van der Waals surface area (Å²) in [6.07, 6.45) is 4.17. The Balaban J connectivity index is 1.47. The smallest absolute Gasteiger partial charge is 0.328 e. The lowest BCUT2D eigenvalue weighted by atomic mass is 9.98. The lowest BCUT2D eigenvalue weighted by molar-refractivity contribution is -0.131. The Bertz CT molecular complexity index is 1600. The predicted molar refractivity (Wildman–Crippen MR) is 152 cm³/mol. The molecule has 1 saturated heterocycles. The maximum absolute atomic E-state index is 12.6. The fraction of sp³-hybridized carbons (Fsp3) is 0.167. The number of rotatable bonds is 6. The van der Waals surface area contributed by atoms with E-state index >= 15 is 0 Å². The van der Waals surface area contributed by atoms with Crippen molar-refractivity contribution in [3.63, 3.8) is 0 Å². The second kappa shape index (κ2) is 10.7. The first kappa shape index (κ1) is 25.0. The zero-order valence-corrected chi connectivity index (χ0v) is 21.0. The highest BCUT2D eigenvalue weighted by Crippen LogP contribution is 2.29. The van der Waals surface area contributed by atoms with Crippen molar-refractivity contribution in [3.8, 4) is 17.0 Å². The number of hydrogen-bond acceptors (Lipinski definition) is 6. The average Bonchev–Trinajstić information content (AvgIpc) is 2.92. The molecule has 5 rings (SSSR count). The summed E-state index contributed by atoms with van der Waals surface area (Å²) in [5.41, 5.74) is 4.30. The van der Waals surface area contributed by atoms with Crippen LogP contribution in [0.1, 0.15) is 11.1 Å². The van der Waals surface area contributed by atoms with Crippen LogP contribution < -0.4 is 10.5 Å². The van der Waals surface area contributed by atoms with E-state index in [9.17, 15) is 14.7 Å². The summed E-state index contributed by atoms with van der Waals surface area (Å²) in [6, 6.07) is 20.8. The Morgan fingerprint density at radius 3 is 2.42 bits per heavy atom. The van der Waals surface area contributed by atoms with Crippen molar-refractivity contribution in [2.24, 2.45) is 4.99 Å². The molecule has 0 amide bonds. The predicted octanol–water partition coefficient (Wildman–Crippen LogP) is 4.50. The zero-order valence-electron chi connectivity index (χ0n) is 21.0. The average molecular weight is 509 g/mol. The van der Waals surface area contributed by atoms with Gasteiger partial charge in [-0.15, -0.1) is 0 Å². The van der Waals surface area contributed by atoms with Gasteiger partial charge in [-0.2, -0.15) is 0 Å². The molecule has 0 radical (unpaired) electrons. The van der Waals surface area contributed by atoms with E-state index in [0.717, 1.165) is 60.3 Å². The van der Waals surface area contributed by atoms with Crippen molar-refractivity contribution < 1.29 is 15.0 Å². The second-order valence-corrected chi connectivity index (χ2v) is 9.34. The molecule has 3 N–H and O–H groups in total. The van der Waals surface area contributed by atoms with Crippen LogP contribution in [0.2, 0.25) is 0 Å². The number of nitrogens with zero attached hydrogens (tertiary/aromatic N) is 3. The lowest BCUT2D eigenvalue weighted by Crippen LogP contribution is -2.44. The molecular weight excluding hydrogens is 480 g/mol. The van der Waals surface area contributed by atoms with Crippen molar-refractivity contribution in [2.75, 3.05) is 38.1 Å². The first-order valence-electron chi connectivity index (χ1n) is 12.4. The third-order valence-corrected chi connectivity index (χ3v) is 6.74. The van der Waals surface area contributed by atoms with Gasteiger partial charge in [0.25, 0.3) is 5.56 Å². The molecule has 1 aliphatic rings. The first-order valence-corrected chi connectivity index (χ1v) is 12.4. The zero-order chi connectivity index (χ0) is 26.6. The third kappa shape index (κ3) is 5.50. The molecule has 4 aromatic rings. The number of nitrogens with one attached hydrogen (secondary N) is 1. The van der Waals surface area contributed by atoms with Crippen molar-refractivity contribution in [2.45, 2.75) is 0 Å². The normalized spacial score (nSPS) is 14.6. The number of aliphatic carboxylic acids is 1.